The third-order valence-corrected chi connectivity index (χ3v) is 5.85. The number of aromatic amines is 1. The number of amides is 1. The van der Waals surface area contributed by atoms with E-state index in [0.717, 1.165) is 30.5 Å². The highest BCUT2D eigenvalue weighted by atomic mass is 19.4. The van der Waals surface area contributed by atoms with Gasteiger partial charge in [-0.1, -0.05) is 6.07 Å². The van der Waals surface area contributed by atoms with Crippen LogP contribution in [-0.4, -0.2) is 31.5 Å². The van der Waals surface area contributed by atoms with Crippen LogP contribution in [0.25, 0.3) is 22.5 Å². The Labute approximate surface area is 194 Å². The van der Waals surface area contributed by atoms with E-state index in [1.54, 1.807) is 0 Å². The number of nitrogens with one attached hydrogen (secondary N) is 2. The Morgan fingerprint density at radius 1 is 1.00 bits per heavy atom. The molecule has 35 heavy (non-hydrogen) atoms. The largest absolute Gasteiger partial charge is 0.433 e. The minimum Gasteiger partial charge on any atom is -0.325 e. The third kappa shape index (κ3) is 4.22. The van der Waals surface area contributed by atoms with Gasteiger partial charge in [-0.25, -0.2) is 8.78 Å². The van der Waals surface area contributed by atoms with E-state index in [1.807, 2.05) is 0 Å². The van der Waals surface area contributed by atoms with E-state index in [1.165, 1.54) is 24.3 Å². The first-order chi connectivity index (χ1) is 16.7. The highest BCUT2D eigenvalue weighted by molar-refractivity contribution is 6.02. The number of alkyl halides is 3. The lowest BCUT2D eigenvalue weighted by Crippen LogP contribution is -2.29. The summed E-state index contributed by atoms with van der Waals surface area (Å²) in [5, 5.41) is 16.3. The maximum atomic E-state index is 14.4. The van der Waals surface area contributed by atoms with Crippen LogP contribution in [0, 0.1) is 11.6 Å². The highest BCUT2D eigenvalue weighted by Gasteiger charge is 2.53. The first-order valence-electron chi connectivity index (χ1n) is 10.4. The van der Waals surface area contributed by atoms with Crippen molar-refractivity contribution in [3.8, 4) is 22.5 Å². The number of benzene rings is 2. The molecule has 2 N–H and O–H groups in total. The first kappa shape index (κ1) is 22.6. The molecule has 5 rings (SSSR count). The molecule has 1 aliphatic carbocycles. The molecule has 7 nitrogen and oxygen atoms in total. The van der Waals surface area contributed by atoms with E-state index in [9.17, 15) is 26.7 Å². The zero-order chi connectivity index (χ0) is 24.8. The fourth-order valence-corrected chi connectivity index (χ4v) is 3.95. The minimum atomic E-state index is -4.64. The smallest absolute Gasteiger partial charge is 0.325 e. The van der Waals surface area contributed by atoms with Crippen LogP contribution in [0.2, 0.25) is 0 Å². The number of rotatable bonds is 5. The maximum Gasteiger partial charge on any atom is 0.433 e. The summed E-state index contributed by atoms with van der Waals surface area (Å²) in [4.78, 5) is 16.5. The number of tetrazole rings is 1. The first-order valence-corrected chi connectivity index (χ1v) is 10.4. The number of pyridine rings is 1. The lowest BCUT2D eigenvalue weighted by Gasteiger charge is -2.18. The molecule has 2 aromatic heterocycles. The van der Waals surface area contributed by atoms with Gasteiger partial charge in [0.1, 0.15) is 17.3 Å². The molecule has 1 saturated carbocycles. The summed E-state index contributed by atoms with van der Waals surface area (Å²) in [5.74, 6) is -1.78. The van der Waals surface area contributed by atoms with Crippen molar-refractivity contribution in [1.29, 1.82) is 0 Å². The van der Waals surface area contributed by atoms with Gasteiger partial charge in [0.2, 0.25) is 11.7 Å². The molecule has 0 spiro atoms. The van der Waals surface area contributed by atoms with Crippen LogP contribution in [0.15, 0.2) is 54.7 Å². The van der Waals surface area contributed by atoms with Gasteiger partial charge in [-0.05, 0) is 71.6 Å². The number of hydrogen-bond donors (Lipinski definition) is 2. The molecule has 178 valence electrons. The Hall–Kier alpha value is -4.22. The number of nitrogens with zero attached hydrogens (tertiary/aromatic N) is 4. The Kier molecular flexibility index (Phi) is 5.30. The zero-order valence-electron chi connectivity index (χ0n) is 17.7. The highest BCUT2D eigenvalue weighted by Crippen LogP contribution is 2.50. The number of halogens is 5. The summed E-state index contributed by atoms with van der Waals surface area (Å²) in [6.07, 6.45) is -2.92. The topological polar surface area (TPSA) is 96.5 Å². The van der Waals surface area contributed by atoms with Gasteiger partial charge in [-0.15, -0.1) is 10.2 Å². The Morgan fingerprint density at radius 2 is 1.80 bits per heavy atom. The van der Waals surface area contributed by atoms with Gasteiger partial charge in [0, 0.05) is 23.0 Å². The van der Waals surface area contributed by atoms with E-state index in [-0.39, 0.29) is 28.2 Å². The molecule has 0 unspecified atom stereocenters. The number of hydrogen-bond acceptors (Lipinski definition) is 5. The van der Waals surface area contributed by atoms with Crippen molar-refractivity contribution < 1.29 is 26.7 Å². The average Bonchev–Trinajstić information content (AvgIpc) is 3.46. The fraction of sp³-hybridized carbons (Fsp3) is 0.174. The lowest BCUT2D eigenvalue weighted by atomic mass is 9.93. The SMILES string of the molecule is O=C(Nc1ccc(-c2ccnc(C(F)(F)F)c2)c(-c2nn[nH]n2)c1)C1(c2cc(F)ccc2F)CC1. The van der Waals surface area contributed by atoms with Gasteiger partial charge in [0.25, 0.3) is 0 Å². The van der Waals surface area contributed by atoms with E-state index >= 15 is 0 Å². The van der Waals surface area contributed by atoms with Crippen LogP contribution in [-0.2, 0) is 16.4 Å². The van der Waals surface area contributed by atoms with E-state index in [4.69, 9.17) is 0 Å². The summed E-state index contributed by atoms with van der Waals surface area (Å²) >= 11 is 0. The van der Waals surface area contributed by atoms with E-state index < -0.39 is 34.8 Å². The second kappa shape index (κ2) is 8.22. The van der Waals surface area contributed by atoms with E-state index in [0.29, 0.717) is 18.4 Å². The molecule has 0 radical (unpaired) electrons. The van der Waals surface area contributed by atoms with Gasteiger partial charge in [-0.3, -0.25) is 9.78 Å². The van der Waals surface area contributed by atoms with Crippen LogP contribution in [0.1, 0.15) is 24.1 Å². The van der Waals surface area contributed by atoms with Gasteiger partial charge in [0.05, 0.1) is 5.41 Å². The number of aromatic nitrogens is 5. The summed E-state index contributed by atoms with van der Waals surface area (Å²) in [6.45, 7) is 0. The predicted octanol–water partition coefficient (Wildman–Crippen LogP) is 4.90. The molecule has 12 heteroatoms. The molecular weight excluding hydrogens is 471 g/mol. The summed E-state index contributed by atoms with van der Waals surface area (Å²) in [7, 11) is 0. The Balaban J connectivity index is 1.51. The molecule has 0 bridgehead atoms. The normalized spacial score (nSPS) is 14.5. The minimum absolute atomic E-state index is 0.0264. The summed E-state index contributed by atoms with van der Waals surface area (Å²) < 4.78 is 67.6. The molecule has 0 aliphatic heterocycles. The maximum absolute atomic E-state index is 14.4. The zero-order valence-corrected chi connectivity index (χ0v) is 17.7. The quantitative estimate of drug-likeness (QED) is 0.392. The number of carbonyl (C=O) groups is 1. The molecule has 1 aliphatic rings. The van der Waals surface area contributed by atoms with E-state index in [2.05, 4.69) is 30.9 Å². The van der Waals surface area contributed by atoms with Gasteiger partial charge in [0.15, 0.2) is 0 Å². The molecular formula is C23H15F5N6O. The van der Waals surface area contributed by atoms with Crippen LogP contribution in [0.3, 0.4) is 0 Å². The number of anilines is 1. The number of carbonyl (C=O) groups excluding carboxylic acids is 1. The van der Waals surface area contributed by atoms with Gasteiger partial charge >= 0.3 is 6.18 Å². The molecule has 0 saturated heterocycles. The Morgan fingerprint density at radius 3 is 2.49 bits per heavy atom. The van der Waals surface area contributed by atoms with Gasteiger partial charge in [-0.2, -0.15) is 18.4 Å². The van der Waals surface area contributed by atoms with Crippen molar-refractivity contribution in [2.75, 3.05) is 5.32 Å². The second-order valence-electron chi connectivity index (χ2n) is 8.08. The van der Waals surface area contributed by atoms with Crippen LogP contribution in [0.4, 0.5) is 27.6 Å². The predicted molar refractivity (Wildman–Crippen MR) is 114 cm³/mol. The molecule has 1 amide bonds. The monoisotopic (exact) mass is 486 g/mol. The number of H-pyrrole nitrogens is 1. The van der Waals surface area contributed by atoms with Gasteiger partial charge < -0.3 is 5.32 Å². The standard InChI is InChI=1S/C23H15F5N6O/c24-13-1-4-18(25)17(10-13)22(6-7-22)21(35)30-14-2-3-15(16(11-14)20-31-33-34-32-20)12-5-8-29-19(9-12)23(26,27)28/h1-5,8-11H,6-7H2,(H,30,35)(H,31,32,33,34). The second-order valence-corrected chi connectivity index (χ2v) is 8.08. The average molecular weight is 486 g/mol. The third-order valence-electron chi connectivity index (χ3n) is 5.85. The summed E-state index contributed by atoms with van der Waals surface area (Å²) in [5.41, 5.74) is -1.20. The van der Waals surface area contributed by atoms with Crippen molar-refractivity contribution >= 4 is 11.6 Å². The molecule has 4 aromatic rings. The van der Waals surface area contributed by atoms with Crippen LogP contribution in [0.5, 0.6) is 0 Å². The van der Waals surface area contributed by atoms with Crippen LogP contribution >= 0.6 is 0 Å². The van der Waals surface area contributed by atoms with Crippen molar-refractivity contribution in [1.82, 2.24) is 25.6 Å². The van der Waals surface area contributed by atoms with Crippen molar-refractivity contribution in [3.05, 3.63) is 77.6 Å². The lowest BCUT2D eigenvalue weighted by molar-refractivity contribution is -0.141. The molecule has 0 atom stereocenters. The van der Waals surface area contributed by atoms with Crippen molar-refractivity contribution in [2.24, 2.45) is 0 Å². The van der Waals surface area contributed by atoms with Crippen molar-refractivity contribution in [2.45, 2.75) is 24.4 Å². The molecule has 1 fully saturated rings. The van der Waals surface area contributed by atoms with Crippen LogP contribution < -0.4 is 5.32 Å². The Bertz CT molecular complexity index is 1420. The molecule has 2 heterocycles. The molecule has 2 aromatic carbocycles. The fourth-order valence-electron chi connectivity index (χ4n) is 3.95. The van der Waals surface area contributed by atoms with Crippen molar-refractivity contribution in [3.63, 3.8) is 0 Å². The summed E-state index contributed by atoms with van der Waals surface area (Å²) in [6, 6.07) is 9.72.